The van der Waals surface area contributed by atoms with Crippen LogP contribution in [0, 0.1) is 0 Å². The molecule has 2 saturated heterocycles. The summed E-state index contributed by atoms with van der Waals surface area (Å²) in [6.45, 7) is 3.54. The third-order valence-corrected chi connectivity index (χ3v) is 6.25. The highest BCUT2D eigenvalue weighted by molar-refractivity contribution is 5.65. The zero-order valence-corrected chi connectivity index (χ0v) is 18.4. The van der Waals surface area contributed by atoms with Crippen LogP contribution in [0.3, 0.4) is 0 Å². The Balaban J connectivity index is 1.57. The van der Waals surface area contributed by atoms with Gasteiger partial charge in [0, 0.05) is 6.92 Å². The molecule has 2 heterocycles. The van der Waals surface area contributed by atoms with Crippen LogP contribution in [-0.2, 0) is 19.0 Å². The van der Waals surface area contributed by atoms with E-state index < -0.39 is 18.2 Å². The lowest BCUT2D eigenvalue weighted by atomic mass is 10.0. The summed E-state index contributed by atoms with van der Waals surface area (Å²) in [4.78, 5) is 10.9. The maximum absolute atomic E-state index is 10.9. The fourth-order valence-electron chi connectivity index (χ4n) is 4.47. The molecule has 0 bridgehead atoms. The van der Waals surface area contributed by atoms with Crippen molar-refractivity contribution in [1.82, 2.24) is 0 Å². The SMILES string of the molecule is CCCCCCCCCC[C@@H](O)[C@H]1CC[C@@H]([C@@H]2CC[C@H]([C@H](O)COC(C)=O)O2)O1. The highest BCUT2D eigenvalue weighted by atomic mass is 16.6. The minimum atomic E-state index is -0.798. The first-order valence-electron chi connectivity index (χ1n) is 11.8. The van der Waals surface area contributed by atoms with Crippen molar-refractivity contribution >= 4 is 5.97 Å². The van der Waals surface area contributed by atoms with E-state index in [1.165, 1.54) is 51.9 Å². The van der Waals surface area contributed by atoms with Gasteiger partial charge in [0.15, 0.2) is 0 Å². The second-order valence-electron chi connectivity index (χ2n) is 8.78. The van der Waals surface area contributed by atoms with E-state index >= 15 is 0 Å². The van der Waals surface area contributed by atoms with Crippen molar-refractivity contribution in [2.75, 3.05) is 6.61 Å². The highest BCUT2D eigenvalue weighted by Gasteiger charge is 2.40. The fraction of sp³-hybridized carbons (Fsp3) is 0.957. The van der Waals surface area contributed by atoms with Crippen LogP contribution in [0.15, 0.2) is 0 Å². The van der Waals surface area contributed by atoms with Gasteiger partial charge in [0.2, 0.25) is 0 Å². The number of aliphatic hydroxyl groups is 2. The standard InChI is InChI=1S/C23H42O6/c1-3-4-5-6-7-8-9-10-11-18(25)20-12-14-22(28-20)23-15-13-21(29-23)19(26)16-27-17(2)24/h18-23,25-26H,3-16H2,1-2H3/t18-,19-,20-,21-,22+,23+/m1/s1. The molecule has 29 heavy (non-hydrogen) atoms. The topological polar surface area (TPSA) is 85.2 Å². The van der Waals surface area contributed by atoms with E-state index in [0.29, 0.717) is 0 Å². The molecule has 0 aliphatic carbocycles. The monoisotopic (exact) mass is 414 g/mol. The maximum Gasteiger partial charge on any atom is 0.302 e. The molecule has 0 spiro atoms. The number of ether oxygens (including phenoxy) is 3. The number of aliphatic hydroxyl groups excluding tert-OH is 2. The average molecular weight is 415 g/mol. The number of rotatable bonds is 14. The van der Waals surface area contributed by atoms with Gasteiger partial charge >= 0.3 is 5.97 Å². The van der Waals surface area contributed by atoms with Gasteiger partial charge in [0.1, 0.15) is 12.7 Å². The summed E-state index contributed by atoms with van der Waals surface area (Å²) in [6, 6.07) is 0. The Morgan fingerprint density at radius 1 is 0.862 bits per heavy atom. The molecule has 6 atom stereocenters. The van der Waals surface area contributed by atoms with Crippen LogP contribution >= 0.6 is 0 Å². The maximum atomic E-state index is 10.9. The van der Waals surface area contributed by atoms with Crippen molar-refractivity contribution in [2.24, 2.45) is 0 Å². The van der Waals surface area contributed by atoms with Gasteiger partial charge in [-0.2, -0.15) is 0 Å². The molecule has 6 nitrogen and oxygen atoms in total. The van der Waals surface area contributed by atoms with Crippen LogP contribution in [0.1, 0.15) is 97.3 Å². The minimum Gasteiger partial charge on any atom is -0.463 e. The minimum absolute atomic E-state index is 0.0147. The van der Waals surface area contributed by atoms with Crippen LogP contribution in [0.2, 0.25) is 0 Å². The van der Waals surface area contributed by atoms with Crippen LogP contribution in [0.25, 0.3) is 0 Å². The molecule has 0 aromatic carbocycles. The zero-order chi connectivity index (χ0) is 21.1. The Labute approximate surface area is 176 Å². The average Bonchev–Trinajstić information content (AvgIpc) is 3.37. The first-order chi connectivity index (χ1) is 14.0. The van der Waals surface area contributed by atoms with E-state index in [9.17, 15) is 15.0 Å². The molecule has 0 aromatic heterocycles. The summed E-state index contributed by atoms with van der Waals surface area (Å²) < 4.78 is 17.0. The summed E-state index contributed by atoms with van der Waals surface area (Å²) in [7, 11) is 0. The van der Waals surface area contributed by atoms with Crippen molar-refractivity contribution in [3.05, 3.63) is 0 Å². The number of unbranched alkanes of at least 4 members (excludes halogenated alkanes) is 7. The van der Waals surface area contributed by atoms with Gasteiger partial charge in [-0.1, -0.05) is 58.3 Å². The Bertz CT molecular complexity index is 457. The van der Waals surface area contributed by atoms with E-state index in [0.717, 1.165) is 38.5 Å². The predicted octanol–water partition coefficient (Wildman–Crippen LogP) is 3.90. The van der Waals surface area contributed by atoms with Crippen molar-refractivity contribution < 1.29 is 29.2 Å². The van der Waals surface area contributed by atoms with Crippen LogP contribution < -0.4 is 0 Å². The summed E-state index contributed by atoms with van der Waals surface area (Å²) >= 11 is 0. The number of carbonyl (C=O) groups excluding carboxylic acids is 1. The Hall–Kier alpha value is -0.690. The molecule has 0 unspecified atom stereocenters. The molecule has 0 radical (unpaired) electrons. The summed E-state index contributed by atoms with van der Waals surface area (Å²) in [5.74, 6) is -0.397. The zero-order valence-electron chi connectivity index (χ0n) is 18.4. The van der Waals surface area contributed by atoms with Gasteiger partial charge in [0.25, 0.3) is 0 Å². The molecular formula is C23H42O6. The fourth-order valence-corrected chi connectivity index (χ4v) is 4.47. The molecule has 2 aliphatic heterocycles. The molecule has 2 fully saturated rings. The van der Waals surface area contributed by atoms with E-state index in [-0.39, 0.29) is 31.0 Å². The number of esters is 1. The van der Waals surface area contributed by atoms with E-state index in [4.69, 9.17) is 14.2 Å². The predicted molar refractivity (Wildman–Crippen MR) is 112 cm³/mol. The van der Waals surface area contributed by atoms with Crippen molar-refractivity contribution in [3.8, 4) is 0 Å². The third-order valence-electron chi connectivity index (χ3n) is 6.25. The number of hydrogen-bond donors (Lipinski definition) is 2. The normalized spacial score (nSPS) is 29.1. The number of hydrogen-bond acceptors (Lipinski definition) is 6. The summed E-state index contributed by atoms with van der Waals surface area (Å²) in [5.41, 5.74) is 0. The highest BCUT2D eigenvalue weighted by Crippen LogP contribution is 2.34. The van der Waals surface area contributed by atoms with Crippen molar-refractivity contribution in [1.29, 1.82) is 0 Å². The molecule has 2 N–H and O–H groups in total. The van der Waals surface area contributed by atoms with Gasteiger partial charge < -0.3 is 24.4 Å². The summed E-state index contributed by atoms with van der Waals surface area (Å²) in [6.07, 6.45) is 12.6. The lowest BCUT2D eigenvalue weighted by Crippen LogP contribution is -2.35. The third kappa shape index (κ3) is 8.91. The molecule has 2 rings (SSSR count). The first-order valence-corrected chi connectivity index (χ1v) is 11.8. The second-order valence-corrected chi connectivity index (χ2v) is 8.78. The molecule has 0 amide bonds. The van der Waals surface area contributed by atoms with E-state index in [2.05, 4.69) is 6.92 Å². The van der Waals surface area contributed by atoms with Crippen molar-refractivity contribution in [2.45, 2.75) is 134 Å². The van der Waals surface area contributed by atoms with Gasteiger partial charge in [-0.15, -0.1) is 0 Å². The lowest BCUT2D eigenvalue weighted by Gasteiger charge is -2.24. The van der Waals surface area contributed by atoms with E-state index in [1.807, 2.05) is 0 Å². The molecular weight excluding hydrogens is 372 g/mol. The summed E-state index contributed by atoms with van der Waals surface area (Å²) in [5, 5.41) is 20.6. The second kappa shape index (κ2) is 13.6. The smallest absolute Gasteiger partial charge is 0.302 e. The van der Waals surface area contributed by atoms with Gasteiger partial charge in [0.05, 0.1) is 30.5 Å². The van der Waals surface area contributed by atoms with E-state index in [1.54, 1.807) is 0 Å². The molecule has 170 valence electrons. The van der Waals surface area contributed by atoms with Gasteiger partial charge in [-0.25, -0.2) is 0 Å². The number of carbonyl (C=O) groups is 1. The lowest BCUT2D eigenvalue weighted by molar-refractivity contribution is -0.149. The van der Waals surface area contributed by atoms with Gasteiger partial charge in [-0.3, -0.25) is 4.79 Å². The van der Waals surface area contributed by atoms with Crippen LogP contribution in [0.4, 0.5) is 0 Å². The van der Waals surface area contributed by atoms with Gasteiger partial charge in [-0.05, 0) is 32.1 Å². The molecule has 2 aliphatic rings. The Morgan fingerprint density at radius 2 is 1.38 bits per heavy atom. The largest absolute Gasteiger partial charge is 0.463 e. The first kappa shape index (κ1) is 24.6. The molecule has 6 heteroatoms. The van der Waals surface area contributed by atoms with Crippen LogP contribution in [-0.4, -0.2) is 59.4 Å². The Kier molecular flexibility index (Phi) is 11.5. The molecule has 0 aromatic rings. The molecule has 0 saturated carbocycles. The quantitative estimate of drug-likeness (QED) is 0.331. The van der Waals surface area contributed by atoms with Crippen LogP contribution in [0.5, 0.6) is 0 Å². The van der Waals surface area contributed by atoms with Crippen molar-refractivity contribution in [3.63, 3.8) is 0 Å². The Morgan fingerprint density at radius 3 is 1.93 bits per heavy atom.